The van der Waals surface area contributed by atoms with Crippen LogP contribution in [0, 0.1) is 0 Å². The third-order valence-electron chi connectivity index (χ3n) is 3.75. The van der Waals surface area contributed by atoms with Gasteiger partial charge < -0.3 is 10.1 Å². The van der Waals surface area contributed by atoms with Gasteiger partial charge in [-0.1, -0.05) is 48.5 Å². The topological polar surface area (TPSA) is 38.3 Å². The van der Waals surface area contributed by atoms with Gasteiger partial charge in [-0.05, 0) is 30.0 Å². The van der Waals surface area contributed by atoms with Crippen molar-refractivity contribution in [3.63, 3.8) is 0 Å². The van der Waals surface area contributed by atoms with E-state index >= 15 is 0 Å². The van der Waals surface area contributed by atoms with Gasteiger partial charge in [0.2, 0.25) is 0 Å². The number of hydrogen-bond donors (Lipinski definition) is 1. The van der Waals surface area contributed by atoms with Crippen molar-refractivity contribution in [3.8, 4) is 0 Å². The first-order chi connectivity index (χ1) is 10.3. The standard InChI is InChI=1S/C18H19NO2/c20-18(17-13-15-10-4-5-11-16(15)19-17)21-12-6-9-14-7-2-1-3-8-14/h1-5,7-8,10-11,17,19H,6,9,12-13H2. The molecule has 21 heavy (non-hydrogen) atoms. The summed E-state index contributed by atoms with van der Waals surface area (Å²) in [7, 11) is 0. The zero-order valence-corrected chi connectivity index (χ0v) is 11.9. The van der Waals surface area contributed by atoms with Crippen molar-refractivity contribution in [2.45, 2.75) is 25.3 Å². The number of aryl methyl sites for hydroxylation is 1. The van der Waals surface area contributed by atoms with Gasteiger partial charge in [-0.3, -0.25) is 0 Å². The zero-order chi connectivity index (χ0) is 14.5. The van der Waals surface area contributed by atoms with E-state index in [4.69, 9.17) is 4.74 Å². The molecule has 3 rings (SSSR count). The van der Waals surface area contributed by atoms with Crippen LogP contribution in [0.25, 0.3) is 0 Å². The molecule has 1 atom stereocenters. The van der Waals surface area contributed by atoms with E-state index in [2.05, 4.69) is 17.4 Å². The monoisotopic (exact) mass is 281 g/mol. The summed E-state index contributed by atoms with van der Waals surface area (Å²) in [5.74, 6) is -0.153. The molecular weight excluding hydrogens is 262 g/mol. The molecule has 1 heterocycles. The third-order valence-corrected chi connectivity index (χ3v) is 3.75. The molecule has 0 radical (unpaired) electrons. The average Bonchev–Trinajstić information content (AvgIpc) is 2.96. The number of hydrogen-bond acceptors (Lipinski definition) is 3. The molecular formula is C18H19NO2. The Kier molecular flexibility index (Phi) is 4.20. The SMILES string of the molecule is O=C(OCCCc1ccccc1)C1Cc2ccccc2N1. The fourth-order valence-electron chi connectivity index (χ4n) is 2.63. The second kappa shape index (κ2) is 6.44. The predicted molar refractivity (Wildman–Crippen MR) is 83.3 cm³/mol. The number of carbonyl (C=O) groups is 1. The summed E-state index contributed by atoms with van der Waals surface area (Å²) in [6.07, 6.45) is 2.51. The number of para-hydroxylation sites is 1. The number of esters is 1. The Bertz CT molecular complexity index is 585. The lowest BCUT2D eigenvalue weighted by Gasteiger charge is -2.11. The lowest BCUT2D eigenvalue weighted by atomic mass is 10.1. The molecule has 0 bridgehead atoms. The summed E-state index contributed by atoms with van der Waals surface area (Å²) in [4.78, 5) is 12.0. The number of anilines is 1. The second-order valence-corrected chi connectivity index (χ2v) is 5.31. The van der Waals surface area contributed by atoms with Gasteiger partial charge in [0, 0.05) is 12.1 Å². The molecule has 0 aliphatic carbocycles. The van der Waals surface area contributed by atoms with Crippen LogP contribution in [0.3, 0.4) is 0 Å². The Morgan fingerprint density at radius 3 is 2.67 bits per heavy atom. The lowest BCUT2D eigenvalue weighted by Crippen LogP contribution is -2.29. The maximum absolute atomic E-state index is 12.0. The molecule has 0 amide bonds. The third kappa shape index (κ3) is 3.43. The molecule has 0 spiro atoms. The van der Waals surface area contributed by atoms with Gasteiger partial charge in [-0.2, -0.15) is 0 Å². The minimum Gasteiger partial charge on any atom is -0.464 e. The second-order valence-electron chi connectivity index (χ2n) is 5.31. The maximum Gasteiger partial charge on any atom is 0.328 e. The molecule has 0 fully saturated rings. The molecule has 2 aromatic carbocycles. The van der Waals surface area contributed by atoms with E-state index in [9.17, 15) is 4.79 Å². The van der Waals surface area contributed by atoms with E-state index in [1.54, 1.807) is 0 Å². The molecule has 1 N–H and O–H groups in total. The quantitative estimate of drug-likeness (QED) is 0.675. The Morgan fingerprint density at radius 1 is 1.10 bits per heavy atom. The van der Waals surface area contributed by atoms with Gasteiger partial charge in [-0.25, -0.2) is 4.79 Å². The molecule has 3 nitrogen and oxygen atoms in total. The van der Waals surface area contributed by atoms with Crippen molar-refractivity contribution < 1.29 is 9.53 Å². The van der Waals surface area contributed by atoms with E-state index in [-0.39, 0.29) is 12.0 Å². The molecule has 1 aliphatic rings. The predicted octanol–water partition coefficient (Wildman–Crippen LogP) is 3.20. The number of nitrogens with one attached hydrogen (secondary N) is 1. The van der Waals surface area contributed by atoms with Crippen LogP contribution >= 0.6 is 0 Å². The van der Waals surface area contributed by atoms with Crippen molar-refractivity contribution in [1.82, 2.24) is 0 Å². The molecule has 0 saturated carbocycles. The Hall–Kier alpha value is -2.29. The van der Waals surface area contributed by atoms with E-state index in [1.807, 2.05) is 42.5 Å². The van der Waals surface area contributed by atoms with Crippen molar-refractivity contribution in [1.29, 1.82) is 0 Å². The summed E-state index contributed by atoms with van der Waals surface area (Å²) in [6, 6.07) is 18.0. The number of carbonyl (C=O) groups excluding carboxylic acids is 1. The molecule has 1 aliphatic heterocycles. The van der Waals surface area contributed by atoms with Crippen molar-refractivity contribution in [3.05, 3.63) is 65.7 Å². The van der Waals surface area contributed by atoms with Gasteiger partial charge >= 0.3 is 5.97 Å². The first-order valence-electron chi connectivity index (χ1n) is 7.38. The maximum atomic E-state index is 12.0. The largest absolute Gasteiger partial charge is 0.464 e. The highest BCUT2D eigenvalue weighted by atomic mass is 16.5. The van der Waals surface area contributed by atoms with Crippen molar-refractivity contribution >= 4 is 11.7 Å². The summed E-state index contributed by atoms with van der Waals surface area (Å²) < 4.78 is 5.38. The van der Waals surface area contributed by atoms with Crippen molar-refractivity contribution in [2.24, 2.45) is 0 Å². The molecule has 108 valence electrons. The van der Waals surface area contributed by atoms with Crippen LogP contribution in [0.4, 0.5) is 5.69 Å². The van der Waals surface area contributed by atoms with Gasteiger partial charge in [0.25, 0.3) is 0 Å². The molecule has 3 heteroatoms. The molecule has 0 aromatic heterocycles. The minimum absolute atomic E-state index is 0.153. The summed E-state index contributed by atoms with van der Waals surface area (Å²) in [6.45, 7) is 0.474. The van der Waals surface area contributed by atoms with E-state index < -0.39 is 0 Å². The normalized spacial score (nSPS) is 16.1. The Morgan fingerprint density at radius 2 is 1.86 bits per heavy atom. The lowest BCUT2D eigenvalue weighted by molar-refractivity contribution is -0.144. The van der Waals surface area contributed by atoms with Crippen LogP contribution in [0.15, 0.2) is 54.6 Å². The molecule has 2 aromatic rings. The Labute approximate surface area is 124 Å². The summed E-state index contributed by atoms with van der Waals surface area (Å²) in [5, 5.41) is 3.22. The van der Waals surface area contributed by atoms with E-state index in [0.717, 1.165) is 18.5 Å². The summed E-state index contributed by atoms with van der Waals surface area (Å²) >= 11 is 0. The first kappa shape index (κ1) is 13.7. The molecule has 0 saturated heterocycles. The molecule has 1 unspecified atom stereocenters. The number of ether oxygens (including phenoxy) is 1. The first-order valence-corrected chi connectivity index (χ1v) is 7.38. The van der Waals surface area contributed by atoms with Crippen LogP contribution in [0.1, 0.15) is 17.5 Å². The van der Waals surface area contributed by atoms with Crippen LogP contribution in [-0.2, 0) is 22.4 Å². The van der Waals surface area contributed by atoms with Crippen LogP contribution in [-0.4, -0.2) is 18.6 Å². The number of rotatable bonds is 5. The van der Waals surface area contributed by atoms with Crippen LogP contribution in [0.2, 0.25) is 0 Å². The highest BCUT2D eigenvalue weighted by Gasteiger charge is 2.27. The smallest absolute Gasteiger partial charge is 0.328 e. The number of benzene rings is 2. The van der Waals surface area contributed by atoms with E-state index in [0.29, 0.717) is 13.0 Å². The average molecular weight is 281 g/mol. The fraction of sp³-hybridized carbons (Fsp3) is 0.278. The fourth-order valence-corrected chi connectivity index (χ4v) is 2.63. The zero-order valence-electron chi connectivity index (χ0n) is 11.9. The minimum atomic E-state index is -0.237. The van der Waals surface area contributed by atoms with E-state index in [1.165, 1.54) is 11.1 Å². The van der Waals surface area contributed by atoms with Crippen LogP contribution < -0.4 is 5.32 Å². The Balaban J connectivity index is 1.42. The van der Waals surface area contributed by atoms with Gasteiger partial charge in [0.15, 0.2) is 0 Å². The van der Waals surface area contributed by atoms with Crippen molar-refractivity contribution in [2.75, 3.05) is 11.9 Å². The van der Waals surface area contributed by atoms with Gasteiger partial charge in [-0.15, -0.1) is 0 Å². The van der Waals surface area contributed by atoms with Gasteiger partial charge in [0.05, 0.1) is 6.61 Å². The number of fused-ring (bicyclic) bond motifs is 1. The van der Waals surface area contributed by atoms with Gasteiger partial charge in [0.1, 0.15) is 6.04 Å². The summed E-state index contributed by atoms with van der Waals surface area (Å²) in [5.41, 5.74) is 3.51. The van der Waals surface area contributed by atoms with Crippen LogP contribution in [0.5, 0.6) is 0 Å². The highest BCUT2D eigenvalue weighted by Crippen LogP contribution is 2.25. The highest BCUT2D eigenvalue weighted by molar-refractivity contribution is 5.82.